The van der Waals surface area contributed by atoms with Crippen molar-refractivity contribution in [2.75, 3.05) is 12.3 Å². The second-order valence-corrected chi connectivity index (χ2v) is 6.29. The Kier molecular flexibility index (Phi) is 3.27. The summed E-state index contributed by atoms with van der Waals surface area (Å²) in [6.07, 6.45) is 2.23. The number of aromatic nitrogens is 4. The number of aliphatic hydroxyl groups is 1. The first kappa shape index (κ1) is 14.8. The van der Waals surface area contributed by atoms with E-state index in [1.54, 1.807) is 10.9 Å². The molecule has 0 spiro atoms. The molecule has 4 unspecified atom stereocenters. The zero-order chi connectivity index (χ0) is 16.2. The minimum absolute atomic E-state index is 0.0900. The lowest BCUT2D eigenvalue weighted by molar-refractivity contribution is -0.184. The van der Waals surface area contributed by atoms with E-state index >= 15 is 0 Å². The minimum atomic E-state index is -0.703. The molecule has 0 bridgehead atoms. The molecule has 3 N–H and O–H groups in total. The van der Waals surface area contributed by atoms with Gasteiger partial charge in [-0.25, -0.2) is 15.0 Å². The number of aliphatic hydroxyl groups excluding tert-OH is 1. The summed E-state index contributed by atoms with van der Waals surface area (Å²) in [7, 11) is 0. The Balaban J connectivity index is 1.77. The highest BCUT2D eigenvalue weighted by molar-refractivity contribution is 5.81. The Morgan fingerprint density at radius 2 is 2.17 bits per heavy atom. The molecule has 0 saturated carbocycles. The number of nitrogens with zero attached hydrogens (tertiary/aromatic N) is 4. The van der Waals surface area contributed by atoms with Gasteiger partial charge in [0.15, 0.2) is 23.5 Å². The minimum Gasteiger partial charge on any atom is -0.394 e. The predicted molar refractivity (Wildman–Crippen MR) is 79.2 cm³/mol. The smallest absolute Gasteiger partial charge is 0.167 e. The second-order valence-electron chi connectivity index (χ2n) is 6.29. The highest BCUT2D eigenvalue weighted by atomic mass is 16.8. The quantitative estimate of drug-likeness (QED) is 0.806. The molecule has 9 heteroatoms. The van der Waals surface area contributed by atoms with Crippen molar-refractivity contribution < 1.29 is 19.3 Å². The Morgan fingerprint density at radius 3 is 2.96 bits per heavy atom. The SMILES string of the molecule is CC1(C)OC2CC(CO)OC(n3cnc4c(N)ncnc43)C2O1. The number of anilines is 1. The van der Waals surface area contributed by atoms with Crippen LogP contribution in [0.3, 0.4) is 0 Å². The number of fused-ring (bicyclic) bond motifs is 2. The van der Waals surface area contributed by atoms with Gasteiger partial charge in [0, 0.05) is 6.42 Å². The van der Waals surface area contributed by atoms with Crippen LogP contribution in [-0.2, 0) is 14.2 Å². The fraction of sp³-hybridized carbons (Fsp3) is 0.643. The van der Waals surface area contributed by atoms with E-state index in [-0.39, 0.29) is 24.9 Å². The third-order valence-corrected chi connectivity index (χ3v) is 4.19. The maximum atomic E-state index is 9.52. The lowest BCUT2D eigenvalue weighted by Gasteiger charge is -2.36. The molecule has 2 saturated heterocycles. The molecule has 2 fully saturated rings. The number of hydrogen-bond acceptors (Lipinski definition) is 8. The Bertz CT molecular complexity index is 733. The van der Waals surface area contributed by atoms with Crippen LogP contribution >= 0.6 is 0 Å². The first-order valence-electron chi connectivity index (χ1n) is 7.53. The van der Waals surface area contributed by atoms with Gasteiger partial charge < -0.3 is 25.1 Å². The fourth-order valence-corrected chi connectivity index (χ4v) is 3.27. The van der Waals surface area contributed by atoms with E-state index in [4.69, 9.17) is 19.9 Å². The average molecular weight is 321 g/mol. The molecule has 0 amide bonds. The highest BCUT2D eigenvalue weighted by Crippen LogP contribution is 2.41. The summed E-state index contributed by atoms with van der Waals surface area (Å²) in [5.74, 6) is -0.394. The predicted octanol–water partition coefficient (Wildman–Crippen LogP) is 0.208. The highest BCUT2D eigenvalue weighted by Gasteiger charge is 2.51. The van der Waals surface area contributed by atoms with Crippen LogP contribution in [0.5, 0.6) is 0 Å². The van der Waals surface area contributed by atoms with Crippen molar-refractivity contribution in [2.45, 2.75) is 50.6 Å². The summed E-state index contributed by atoms with van der Waals surface area (Å²) in [6.45, 7) is 3.64. The van der Waals surface area contributed by atoms with Crippen LogP contribution in [0.4, 0.5) is 5.82 Å². The third-order valence-electron chi connectivity index (χ3n) is 4.19. The normalized spacial score (nSPS) is 33.0. The van der Waals surface area contributed by atoms with Crippen molar-refractivity contribution in [2.24, 2.45) is 0 Å². The Hall–Kier alpha value is -1.81. The van der Waals surface area contributed by atoms with E-state index in [9.17, 15) is 5.11 Å². The van der Waals surface area contributed by atoms with Crippen molar-refractivity contribution >= 4 is 17.0 Å². The van der Waals surface area contributed by atoms with Crippen LogP contribution in [0.1, 0.15) is 26.5 Å². The summed E-state index contributed by atoms with van der Waals surface area (Å²) in [6, 6.07) is 0. The third kappa shape index (κ3) is 2.36. The Morgan fingerprint density at radius 1 is 1.35 bits per heavy atom. The van der Waals surface area contributed by atoms with Crippen molar-refractivity contribution in [3.63, 3.8) is 0 Å². The van der Waals surface area contributed by atoms with E-state index in [1.807, 2.05) is 13.8 Å². The van der Waals surface area contributed by atoms with Crippen molar-refractivity contribution in [1.82, 2.24) is 19.5 Å². The zero-order valence-corrected chi connectivity index (χ0v) is 12.9. The lowest BCUT2D eigenvalue weighted by Crippen LogP contribution is -2.45. The number of hydrogen-bond donors (Lipinski definition) is 2. The molecule has 2 aromatic rings. The topological polar surface area (TPSA) is 118 Å². The molecular weight excluding hydrogens is 302 g/mol. The molecular formula is C14H19N5O4. The molecule has 23 heavy (non-hydrogen) atoms. The van der Waals surface area contributed by atoms with Crippen LogP contribution in [-0.4, -0.2) is 55.3 Å². The molecule has 124 valence electrons. The molecule has 4 atom stereocenters. The van der Waals surface area contributed by atoms with E-state index in [1.165, 1.54) is 6.33 Å². The molecule has 0 aromatic carbocycles. The van der Waals surface area contributed by atoms with Gasteiger partial charge in [-0.15, -0.1) is 0 Å². The molecule has 0 radical (unpaired) electrons. The van der Waals surface area contributed by atoms with Crippen LogP contribution in [0.25, 0.3) is 11.2 Å². The Labute approximate surface area is 132 Å². The van der Waals surface area contributed by atoms with Crippen LogP contribution in [0, 0.1) is 0 Å². The summed E-state index contributed by atoms with van der Waals surface area (Å²) in [4.78, 5) is 12.5. The number of nitrogen functional groups attached to an aromatic ring is 1. The summed E-state index contributed by atoms with van der Waals surface area (Å²) >= 11 is 0. The summed E-state index contributed by atoms with van der Waals surface area (Å²) < 4.78 is 19.7. The second kappa shape index (κ2) is 5.10. The first-order valence-corrected chi connectivity index (χ1v) is 7.53. The van der Waals surface area contributed by atoms with Gasteiger partial charge in [-0.1, -0.05) is 0 Å². The van der Waals surface area contributed by atoms with Gasteiger partial charge in [-0.05, 0) is 13.8 Å². The molecule has 0 aliphatic carbocycles. The lowest BCUT2D eigenvalue weighted by atomic mass is 10.0. The fourth-order valence-electron chi connectivity index (χ4n) is 3.27. The molecule has 4 rings (SSSR count). The van der Waals surface area contributed by atoms with Gasteiger partial charge in [-0.3, -0.25) is 4.57 Å². The van der Waals surface area contributed by atoms with Crippen LogP contribution in [0.2, 0.25) is 0 Å². The number of nitrogens with two attached hydrogens (primary N) is 1. The number of rotatable bonds is 2. The summed E-state index contributed by atoms with van der Waals surface area (Å²) in [5, 5.41) is 9.52. The maximum absolute atomic E-state index is 9.52. The van der Waals surface area contributed by atoms with E-state index in [0.29, 0.717) is 23.4 Å². The van der Waals surface area contributed by atoms with Crippen molar-refractivity contribution in [3.05, 3.63) is 12.7 Å². The molecule has 2 aromatic heterocycles. The van der Waals surface area contributed by atoms with Gasteiger partial charge in [0.05, 0.1) is 25.1 Å². The first-order chi connectivity index (χ1) is 11.0. The maximum Gasteiger partial charge on any atom is 0.167 e. The van der Waals surface area contributed by atoms with Gasteiger partial charge in [-0.2, -0.15) is 0 Å². The van der Waals surface area contributed by atoms with Gasteiger partial charge >= 0.3 is 0 Å². The van der Waals surface area contributed by atoms with Gasteiger partial charge in [0.25, 0.3) is 0 Å². The number of ether oxygens (including phenoxy) is 3. The largest absolute Gasteiger partial charge is 0.394 e. The van der Waals surface area contributed by atoms with Crippen molar-refractivity contribution in [1.29, 1.82) is 0 Å². The zero-order valence-electron chi connectivity index (χ0n) is 12.9. The van der Waals surface area contributed by atoms with E-state index in [0.717, 1.165) is 0 Å². The monoisotopic (exact) mass is 321 g/mol. The van der Waals surface area contributed by atoms with E-state index < -0.39 is 12.0 Å². The van der Waals surface area contributed by atoms with Crippen LogP contribution in [0.15, 0.2) is 12.7 Å². The molecule has 4 heterocycles. The molecule has 2 aliphatic heterocycles. The van der Waals surface area contributed by atoms with Crippen molar-refractivity contribution in [3.8, 4) is 0 Å². The molecule has 2 aliphatic rings. The molecule has 9 nitrogen and oxygen atoms in total. The average Bonchev–Trinajstić information content (AvgIpc) is 3.06. The summed E-state index contributed by atoms with van der Waals surface area (Å²) in [5.41, 5.74) is 6.91. The standard InChI is InChI=1S/C14H19N5O4/c1-14(2)22-8-3-7(4-20)21-13(10(8)23-14)19-6-18-9-11(15)16-5-17-12(9)19/h5-8,10,13,20H,3-4H2,1-2H3,(H2,15,16,17). The van der Waals surface area contributed by atoms with Gasteiger partial charge in [0.1, 0.15) is 17.9 Å². The van der Waals surface area contributed by atoms with E-state index in [2.05, 4.69) is 15.0 Å². The van der Waals surface area contributed by atoms with Crippen LogP contribution < -0.4 is 5.73 Å². The number of imidazole rings is 1. The van der Waals surface area contributed by atoms with Gasteiger partial charge in [0.2, 0.25) is 0 Å².